The van der Waals surface area contributed by atoms with Crippen LogP contribution in [0.5, 0.6) is 0 Å². The molecule has 1 aromatic carbocycles. The molecule has 1 N–H and O–H groups in total. The number of carboxylic acid groups (broad SMARTS) is 1. The van der Waals surface area contributed by atoms with Crippen LogP contribution in [-0.4, -0.2) is 37.8 Å². The van der Waals surface area contributed by atoms with Crippen LogP contribution in [0.3, 0.4) is 0 Å². The highest BCUT2D eigenvalue weighted by Gasteiger charge is 2.44. The summed E-state index contributed by atoms with van der Waals surface area (Å²) < 4.78 is 2.06. The third-order valence-electron chi connectivity index (χ3n) is 5.61. The summed E-state index contributed by atoms with van der Waals surface area (Å²) in [5.41, 5.74) is 4.01. The Morgan fingerprint density at radius 2 is 2.04 bits per heavy atom. The quantitative estimate of drug-likeness (QED) is 0.939. The molecule has 1 unspecified atom stereocenters. The van der Waals surface area contributed by atoms with E-state index in [-0.39, 0.29) is 0 Å². The number of para-hydroxylation sites is 1. The van der Waals surface area contributed by atoms with Crippen LogP contribution in [0, 0.1) is 0 Å². The smallest absolute Gasteiger partial charge is 0.323 e. The molecule has 1 aliphatic heterocycles. The Bertz CT molecular complexity index is 768. The Labute approximate surface area is 141 Å². The lowest BCUT2D eigenvalue weighted by Crippen LogP contribution is -2.47. The van der Waals surface area contributed by atoms with Gasteiger partial charge in [-0.05, 0) is 63.3 Å². The lowest BCUT2D eigenvalue weighted by atomic mass is 9.99. The number of aromatic nitrogens is 2. The summed E-state index contributed by atoms with van der Waals surface area (Å²) in [7, 11) is 0. The van der Waals surface area contributed by atoms with Gasteiger partial charge in [0.1, 0.15) is 5.54 Å². The first-order valence-corrected chi connectivity index (χ1v) is 8.73. The second kappa shape index (κ2) is 5.74. The van der Waals surface area contributed by atoms with E-state index in [1.54, 1.807) is 0 Å². The van der Waals surface area contributed by atoms with Gasteiger partial charge < -0.3 is 5.11 Å². The fourth-order valence-electron chi connectivity index (χ4n) is 4.12. The maximum Gasteiger partial charge on any atom is 0.323 e. The molecule has 2 aliphatic rings. The van der Waals surface area contributed by atoms with Gasteiger partial charge in [-0.25, -0.2) is 4.68 Å². The molecule has 0 spiro atoms. The molecule has 126 valence electrons. The van der Waals surface area contributed by atoms with Crippen LogP contribution in [0.4, 0.5) is 0 Å². The van der Waals surface area contributed by atoms with Crippen molar-refractivity contribution in [2.75, 3.05) is 6.54 Å². The van der Waals surface area contributed by atoms with E-state index >= 15 is 0 Å². The average Bonchev–Trinajstić information content (AvgIpc) is 3.26. The Kier molecular flexibility index (Phi) is 3.68. The van der Waals surface area contributed by atoms with Crippen LogP contribution < -0.4 is 0 Å². The van der Waals surface area contributed by atoms with Gasteiger partial charge in [0.05, 0.1) is 11.4 Å². The molecular weight excluding hydrogens is 302 g/mol. The lowest BCUT2D eigenvalue weighted by Gasteiger charge is -2.30. The topological polar surface area (TPSA) is 58.4 Å². The number of hydrogen-bond acceptors (Lipinski definition) is 3. The SMILES string of the molecule is CC1(C(=O)O)CCCN1Cc1nn(-c2ccccc2)c2c1CCC2. The molecule has 1 aromatic heterocycles. The summed E-state index contributed by atoms with van der Waals surface area (Å²) in [6.07, 6.45) is 4.90. The molecule has 5 nitrogen and oxygen atoms in total. The van der Waals surface area contributed by atoms with Crippen molar-refractivity contribution >= 4 is 5.97 Å². The summed E-state index contributed by atoms with van der Waals surface area (Å²) in [6, 6.07) is 10.2. The standard InChI is InChI=1S/C19H23N3O2/c1-19(18(23)24)11-6-12-21(19)13-16-15-9-5-10-17(15)22(20-16)14-7-3-2-4-8-14/h2-4,7-8H,5-6,9-13H2,1H3,(H,23,24). The fourth-order valence-corrected chi connectivity index (χ4v) is 4.12. The predicted octanol–water partition coefficient (Wildman–Crippen LogP) is 2.80. The van der Waals surface area contributed by atoms with Gasteiger partial charge in [-0.3, -0.25) is 9.69 Å². The zero-order valence-corrected chi connectivity index (χ0v) is 14.0. The number of hydrogen-bond donors (Lipinski definition) is 1. The number of carbonyl (C=O) groups is 1. The third kappa shape index (κ3) is 2.35. The largest absolute Gasteiger partial charge is 0.480 e. The Morgan fingerprint density at radius 1 is 1.25 bits per heavy atom. The fraction of sp³-hybridized carbons (Fsp3) is 0.474. The van der Waals surface area contributed by atoms with Crippen LogP contribution >= 0.6 is 0 Å². The highest BCUT2D eigenvalue weighted by Crippen LogP contribution is 2.34. The Hall–Kier alpha value is -2.14. The van der Waals surface area contributed by atoms with Gasteiger partial charge in [-0.2, -0.15) is 5.10 Å². The normalized spacial score (nSPS) is 23.5. The van der Waals surface area contributed by atoms with E-state index < -0.39 is 11.5 Å². The van der Waals surface area contributed by atoms with E-state index in [9.17, 15) is 9.90 Å². The molecule has 0 amide bonds. The number of fused-ring (bicyclic) bond motifs is 1. The minimum atomic E-state index is -0.762. The number of nitrogens with zero attached hydrogens (tertiary/aromatic N) is 3. The summed E-state index contributed by atoms with van der Waals surface area (Å²) in [5.74, 6) is -0.723. The van der Waals surface area contributed by atoms with Crippen LogP contribution in [0.2, 0.25) is 0 Å². The molecule has 4 rings (SSSR count). The summed E-state index contributed by atoms with van der Waals surface area (Å²) in [6.45, 7) is 3.30. The molecule has 2 aromatic rings. The minimum Gasteiger partial charge on any atom is -0.480 e. The van der Waals surface area contributed by atoms with Gasteiger partial charge in [-0.15, -0.1) is 0 Å². The zero-order chi connectivity index (χ0) is 16.7. The number of carboxylic acids is 1. The molecule has 1 atom stereocenters. The minimum absolute atomic E-state index is 0.630. The molecule has 0 saturated carbocycles. The van der Waals surface area contributed by atoms with Gasteiger partial charge in [0.25, 0.3) is 0 Å². The number of likely N-dealkylation sites (tertiary alicyclic amines) is 1. The van der Waals surface area contributed by atoms with E-state index in [4.69, 9.17) is 5.10 Å². The second-order valence-corrected chi connectivity index (χ2v) is 7.08. The molecule has 0 bridgehead atoms. The van der Waals surface area contributed by atoms with Crippen LogP contribution in [0.15, 0.2) is 30.3 Å². The van der Waals surface area contributed by atoms with Crippen LogP contribution in [-0.2, 0) is 24.2 Å². The molecule has 24 heavy (non-hydrogen) atoms. The first-order chi connectivity index (χ1) is 11.6. The summed E-state index contributed by atoms with van der Waals surface area (Å²) >= 11 is 0. The lowest BCUT2D eigenvalue weighted by molar-refractivity contribution is -0.148. The van der Waals surface area contributed by atoms with Crippen LogP contribution in [0.25, 0.3) is 5.69 Å². The first kappa shape index (κ1) is 15.4. The van der Waals surface area contributed by atoms with E-state index in [0.717, 1.165) is 43.6 Å². The number of aliphatic carboxylic acids is 1. The number of rotatable bonds is 4. The van der Waals surface area contributed by atoms with E-state index in [1.807, 2.05) is 25.1 Å². The van der Waals surface area contributed by atoms with Crippen molar-refractivity contribution in [2.24, 2.45) is 0 Å². The highest BCUT2D eigenvalue weighted by molar-refractivity contribution is 5.78. The maximum atomic E-state index is 11.7. The van der Waals surface area contributed by atoms with Crippen molar-refractivity contribution in [3.63, 3.8) is 0 Å². The molecule has 1 fully saturated rings. The number of benzene rings is 1. The highest BCUT2D eigenvalue weighted by atomic mass is 16.4. The van der Waals surface area contributed by atoms with Gasteiger partial charge in [0.15, 0.2) is 0 Å². The molecule has 1 aliphatic carbocycles. The van der Waals surface area contributed by atoms with Gasteiger partial charge >= 0.3 is 5.97 Å². The molecule has 1 saturated heterocycles. The first-order valence-electron chi connectivity index (χ1n) is 8.73. The van der Waals surface area contributed by atoms with Crippen molar-refractivity contribution < 1.29 is 9.90 Å². The van der Waals surface area contributed by atoms with Crippen molar-refractivity contribution in [3.05, 3.63) is 47.3 Å². The Morgan fingerprint density at radius 3 is 2.79 bits per heavy atom. The summed E-state index contributed by atoms with van der Waals surface area (Å²) in [5, 5.41) is 14.5. The molecule has 5 heteroatoms. The second-order valence-electron chi connectivity index (χ2n) is 7.08. The average molecular weight is 325 g/mol. The van der Waals surface area contributed by atoms with E-state index in [1.165, 1.54) is 11.3 Å². The van der Waals surface area contributed by atoms with Crippen molar-refractivity contribution in [1.29, 1.82) is 0 Å². The third-order valence-corrected chi connectivity index (χ3v) is 5.61. The monoisotopic (exact) mass is 325 g/mol. The molecular formula is C19H23N3O2. The Balaban J connectivity index is 1.69. The molecule has 2 heterocycles. The van der Waals surface area contributed by atoms with Gasteiger partial charge in [0, 0.05) is 12.2 Å². The van der Waals surface area contributed by atoms with Crippen LogP contribution in [0.1, 0.15) is 43.1 Å². The van der Waals surface area contributed by atoms with E-state index in [2.05, 4.69) is 21.7 Å². The molecule has 0 radical (unpaired) electrons. The zero-order valence-electron chi connectivity index (χ0n) is 14.0. The van der Waals surface area contributed by atoms with Gasteiger partial charge in [-0.1, -0.05) is 18.2 Å². The van der Waals surface area contributed by atoms with Crippen molar-refractivity contribution in [3.8, 4) is 5.69 Å². The van der Waals surface area contributed by atoms with E-state index in [0.29, 0.717) is 13.0 Å². The van der Waals surface area contributed by atoms with Crippen molar-refractivity contribution in [2.45, 2.75) is 51.1 Å². The van der Waals surface area contributed by atoms with Crippen molar-refractivity contribution in [1.82, 2.24) is 14.7 Å². The predicted molar refractivity (Wildman–Crippen MR) is 91.3 cm³/mol. The van der Waals surface area contributed by atoms with Gasteiger partial charge in [0.2, 0.25) is 0 Å². The maximum absolute atomic E-state index is 11.7. The summed E-state index contributed by atoms with van der Waals surface area (Å²) in [4.78, 5) is 13.8.